The predicted octanol–water partition coefficient (Wildman–Crippen LogP) is 3.61. The number of ether oxygens (including phenoxy) is 1. The van der Waals surface area contributed by atoms with Crippen LogP contribution < -0.4 is 10.1 Å². The van der Waals surface area contributed by atoms with Gasteiger partial charge in [-0.15, -0.1) is 0 Å². The second-order valence-electron chi connectivity index (χ2n) is 7.56. The largest absolute Gasteiger partial charge is 0.494 e. The predicted molar refractivity (Wildman–Crippen MR) is 98.6 cm³/mol. The Morgan fingerprint density at radius 1 is 1.13 bits per heavy atom. The van der Waals surface area contributed by atoms with Crippen molar-refractivity contribution in [2.75, 3.05) is 39.3 Å². The zero-order valence-electron chi connectivity index (χ0n) is 15.5. The summed E-state index contributed by atoms with van der Waals surface area (Å²) in [6, 6.07) is 6.76. The van der Waals surface area contributed by atoms with E-state index in [9.17, 15) is 0 Å². The molecule has 0 unspecified atom stereocenters. The lowest BCUT2D eigenvalue weighted by Crippen LogP contribution is -2.43. The molecule has 0 spiro atoms. The van der Waals surface area contributed by atoms with E-state index in [1.807, 2.05) is 0 Å². The van der Waals surface area contributed by atoms with E-state index < -0.39 is 0 Å². The SMILES string of the molecule is CCOc1ccc(CCCCN2CCNCC2)cc1C(C)(C)C. The van der Waals surface area contributed by atoms with Crippen molar-refractivity contribution in [2.24, 2.45) is 0 Å². The zero-order chi connectivity index (χ0) is 16.7. The van der Waals surface area contributed by atoms with Crippen molar-refractivity contribution in [1.82, 2.24) is 10.2 Å². The fourth-order valence-electron chi connectivity index (χ4n) is 3.20. The minimum absolute atomic E-state index is 0.126. The first-order valence-corrected chi connectivity index (χ1v) is 9.20. The third-order valence-corrected chi connectivity index (χ3v) is 4.55. The molecule has 3 heteroatoms. The van der Waals surface area contributed by atoms with Gasteiger partial charge in [0.2, 0.25) is 0 Å². The van der Waals surface area contributed by atoms with E-state index in [0.29, 0.717) is 0 Å². The number of benzene rings is 1. The Hall–Kier alpha value is -1.06. The van der Waals surface area contributed by atoms with Gasteiger partial charge in [0.1, 0.15) is 5.75 Å². The van der Waals surface area contributed by atoms with Gasteiger partial charge in [0.25, 0.3) is 0 Å². The maximum atomic E-state index is 5.81. The van der Waals surface area contributed by atoms with Gasteiger partial charge in [0, 0.05) is 26.2 Å². The van der Waals surface area contributed by atoms with Gasteiger partial charge in [-0.1, -0.05) is 32.9 Å². The molecule has 0 saturated carbocycles. The van der Waals surface area contributed by atoms with Crippen molar-refractivity contribution in [2.45, 2.75) is 52.4 Å². The van der Waals surface area contributed by atoms with E-state index in [0.717, 1.165) is 25.4 Å². The number of nitrogens with one attached hydrogen (secondary N) is 1. The van der Waals surface area contributed by atoms with Crippen molar-refractivity contribution in [3.05, 3.63) is 29.3 Å². The summed E-state index contributed by atoms with van der Waals surface area (Å²) in [5.74, 6) is 1.05. The molecular formula is C20H34N2O. The first-order valence-electron chi connectivity index (χ1n) is 9.20. The summed E-state index contributed by atoms with van der Waals surface area (Å²) in [6.07, 6.45) is 3.72. The zero-order valence-corrected chi connectivity index (χ0v) is 15.5. The van der Waals surface area contributed by atoms with Crippen LogP contribution in [0.5, 0.6) is 5.75 Å². The Balaban J connectivity index is 1.87. The Morgan fingerprint density at radius 3 is 2.52 bits per heavy atom. The highest BCUT2D eigenvalue weighted by atomic mass is 16.5. The Morgan fingerprint density at radius 2 is 1.87 bits per heavy atom. The molecule has 0 amide bonds. The summed E-state index contributed by atoms with van der Waals surface area (Å²) >= 11 is 0. The summed E-state index contributed by atoms with van der Waals surface area (Å²) in [5, 5.41) is 3.41. The highest BCUT2D eigenvalue weighted by molar-refractivity contribution is 5.41. The highest BCUT2D eigenvalue weighted by Crippen LogP contribution is 2.32. The highest BCUT2D eigenvalue weighted by Gasteiger charge is 2.19. The molecule has 2 rings (SSSR count). The maximum absolute atomic E-state index is 5.81. The standard InChI is InChI=1S/C20H34N2O/c1-5-23-19-10-9-17(16-18(19)20(2,3)4)8-6-7-13-22-14-11-21-12-15-22/h9-10,16,21H,5-8,11-15H2,1-4H3. The number of hydrogen-bond donors (Lipinski definition) is 1. The summed E-state index contributed by atoms with van der Waals surface area (Å²) in [6.45, 7) is 15.5. The van der Waals surface area contributed by atoms with Crippen LogP contribution in [-0.4, -0.2) is 44.2 Å². The van der Waals surface area contributed by atoms with Gasteiger partial charge in [-0.3, -0.25) is 0 Å². The van der Waals surface area contributed by atoms with Crippen molar-refractivity contribution in [1.29, 1.82) is 0 Å². The van der Waals surface area contributed by atoms with Crippen LogP contribution in [0.15, 0.2) is 18.2 Å². The molecule has 0 atom stereocenters. The summed E-state index contributed by atoms with van der Waals surface area (Å²) in [4.78, 5) is 2.58. The number of aryl methyl sites for hydroxylation is 1. The van der Waals surface area contributed by atoms with Crippen LogP contribution in [0.3, 0.4) is 0 Å². The van der Waals surface area contributed by atoms with Gasteiger partial charge < -0.3 is 15.0 Å². The first kappa shape index (κ1) is 18.3. The van der Waals surface area contributed by atoms with Crippen LogP contribution in [0.4, 0.5) is 0 Å². The molecule has 0 aromatic heterocycles. The lowest BCUT2D eigenvalue weighted by Gasteiger charge is -2.27. The molecular weight excluding hydrogens is 284 g/mol. The number of hydrogen-bond acceptors (Lipinski definition) is 3. The molecule has 1 aliphatic heterocycles. The number of nitrogens with zero attached hydrogens (tertiary/aromatic N) is 1. The van der Waals surface area contributed by atoms with E-state index in [4.69, 9.17) is 4.74 Å². The third-order valence-electron chi connectivity index (χ3n) is 4.55. The fourth-order valence-corrected chi connectivity index (χ4v) is 3.20. The normalized spacial score (nSPS) is 16.5. The molecule has 1 aromatic carbocycles. The molecule has 130 valence electrons. The van der Waals surface area contributed by atoms with E-state index in [1.54, 1.807) is 0 Å². The Kier molecular flexibility index (Phi) is 6.91. The monoisotopic (exact) mass is 318 g/mol. The van der Waals surface area contributed by atoms with E-state index >= 15 is 0 Å². The minimum Gasteiger partial charge on any atom is -0.494 e. The van der Waals surface area contributed by atoms with Crippen LogP contribution in [0.2, 0.25) is 0 Å². The maximum Gasteiger partial charge on any atom is 0.123 e. The number of piperazine rings is 1. The third kappa shape index (κ3) is 5.82. The summed E-state index contributed by atoms with van der Waals surface area (Å²) < 4.78 is 5.81. The topological polar surface area (TPSA) is 24.5 Å². The average Bonchev–Trinajstić information content (AvgIpc) is 2.53. The van der Waals surface area contributed by atoms with Gasteiger partial charge in [-0.2, -0.15) is 0 Å². The molecule has 1 fully saturated rings. The van der Waals surface area contributed by atoms with Crippen molar-refractivity contribution >= 4 is 0 Å². The fraction of sp³-hybridized carbons (Fsp3) is 0.700. The lowest BCUT2D eigenvalue weighted by atomic mass is 9.85. The minimum atomic E-state index is 0.126. The smallest absolute Gasteiger partial charge is 0.123 e. The number of rotatable bonds is 7. The molecule has 0 radical (unpaired) electrons. The van der Waals surface area contributed by atoms with E-state index in [1.165, 1.54) is 50.0 Å². The molecule has 1 aromatic rings. The summed E-state index contributed by atoms with van der Waals surface area (Å²) in [7, 11) is 0. The molecule has 1 saturated heterocycles. The second-order valence-corrected chi connectivity index (χ2v) is 7.56. The Bertz CT molecular complexity index is 473. The molecule has 1 aliphatic rings. The van der Waals surface area contributed by atoms with Crippen LogP contribution >= 0.6 is 0 Å². The molecule has 0 bridgehead atoms. The molecule has 1 N–H and O–H groups in total. The van der Waals surface area contributed by atoms with Crippen LogP contribution in [0.1, 0.15) is 51.7 Å². The van der Waals surface area contributed by atoms with Gasteiger partial charge >= 0.3 is 0 Å². The van der Waals surface area contributed by atoms with Crippen LogP contribution in [0.25, 0.3) is 0 Å². The van der Waals surface area contributed by atoms with E-state index in [-0.39, 0.29) is 5.41 Å². The van der Waals surface area contributed by atoms with Crippen molar-refractivity contribution < 1.29 is 4.74 Å². The van der Waals surface area contributed by atoms with Crippen LogP contribution in [0, 0.1) is 0 Å². The first-order chi connectivity index (χ1) is 11.0. The van der Waals surface area contributed by atoms with Gasteiger partial charge in [0.15, 0.2) is 0 Å². The number of unbranched alkanes of at least 4 members (excludes halogenated alkanes) is 1. The molecule has 3 nitrogen and oxygen atoms in total. The van der Waals surface area contributed by atoms with Gasteiger partial charge in [-0.25, -0.2) is 0 Å². The van der Waals surface area contributed by atoms with Gasteiger partial charge in [-0.05, 0) is 55.3 Å². The van der Waals surface area contributed by atoms with Crippen molar-refractivity contribution in [3.8, 4) is 5.75 Å². The quantitative estimate of drug-likeness (QED) is 0.777. The molecule has 0 aliphatic carbocycles. The van der Waals surface area contributed by atoms with Gasteiger partial charge in [0.05, 0.1) is 6.61 Å². The lowest BCUT2D eigenvalue weighted by molar-refractivity contribution is 0.237. The van der Waals surface area contributed by atoms with Crippen molar-refractivity contribution in [3.63, 3.8) is 0 Å². The van der Waals surface area contributed by atoms with Crippen LogP contribution in [-0.2, 0) is 11.8 Å². The molecule has 1 heterocycles. The summed E-state index contributed by atoms with van der Waals surface area (Å²) in [5.41, 5.74) is 2.90. The molecule has 23 heavy (non-hydrogen) atoms. The Labute approximate surface area is 142 Å². The average molecular weight is 319 g/mol. The van der Waals surface area contributed by atoms with E-state index in [2.05, 4.69) is 56.1 Å². The second kappa shape index (κ2) is 8.70.